The molecule has 1 atom stereocenters. The second kappa shape index (κ2) is 7.90. The number of anilines is 1. The van der Waals surface area contributed by atoms with Crippen LogP contribution in [-0.2, 0) is 11.3 Å². The monoisotopic (exact) mass is 370 g/mol. The molecule has 27 heavy (non-hydrogen) atoms. The second-order valence-corrected chi connectivity index (χ2v) is 7.87. The molecule has 4 heterocycles. The van der Waals surface area contributed by atoms with Crippen molar-refractivity contribution in [3.8, 4) is 0 Å². The molecular weight excluding hydrogens is 343 g/mol. The number of pyridine rings is 2. The Bertz CT molecular complexity index is 786. The Hall–Kier alpha value is -2.05. The van der Waals surface area contributed by atoms with Gasteiger partial charge < -0.3 is 9.64 Å². The number of ether oxygens (including phenoxy) is 1. The molecule has 0 N–H and O–H groups in total. The summed E-state index contributed by atoms with van der Waals surface area (Å²) in [6, 6.07) is 9.31. The van der Waals surface area contributed by atoms with Crippen LogP contribution in [0.3, 0.4) is 0 Å². The van der Waals surface area contributed by atoms with Crippen LogP contribution < -0.4 is 4.90 Å². The molecule has 0 saturated carbocycles. The smallest absolute Gasteiger partial charge is 0.165 e. The van der Waals surface area contributed by atoms with Gasteiger partial charge in [-0.3, -0.25) is 9.88 Å². The lowest BCUT2D eigenvalue weighted by Gasteiger charge is -2.43. The summed E-state index contributed by atoms with van der Waals surface area (Å²) in [5.74, 6) is 0.186. The molecule has 2 aliphatic rings. The topological polar surface area (TPSA) is 41.5 Å². The number of aryl methyl sites for hydroxylation is 1. The molecule has 144 valence electrons. The van der Waals surface area contributed by atoms with Crippen molar-refractivity contribution in [3.05, 3.63) is 53.7 Å². The highest BCUT2D eigenvalue weighted by Crippen LogP contribution is 2.35. The summed E-state index contributed by atoms with van der Waals surface area (Å²) in [6.07, 6.45) is 3.87. The fourth-order valence-electron chi connectivity index (χ4n) is 4.39. The van der Waals surface area contributed by atoms with Gasteiger partial charge in [-0.25, -0.2) is 9.37 Å². The lowest BCUT2D eigenvalue weighted by atomic mass is 9.80. The highest BCUT2D eigenvalue weighted by Gasteiger charge is 2.39. The lowest BCUT2D eigenvalue weighted by Crippen LogP contribution is -2.50. The number of rotatable bonds is 3. The Balaban J connectivity index is 1.51. The number of aromatic nitrogens is 2. The molecule has 2 fully saturated rings. The summed E-state index contributed by atoms with van der Waals surface area (Å²) in [5, 5.41) is 0. The van der Waals surface area contributed by atoms with Gasteiger partial charge in [0.05, 0.1) is 18.9 Å². The minimum Gasteiger partial charge on any atom is -0.379 e. The van der Waals surface area contributed by atoms with E-state index in [1.165, 1.54) is 6.07 Å². The number of hydrogen-bond acceptors (Lipinski definition) is 5. The van der Waals surface area contributed by atoms with Crippen LogP contribution in [-0.4, -0.2) is 54.3 Å². The molecule has 0 bridgehead atoms. The maximum atomic E-state index is 14.3. The predicted octanol–water partition coefficient (Wildman–Crippen LogP) is 3.04. The molecule has 0 aliphatic carbocycles. The van der Waals surface area contributed by atoms with Crippen molar-refractivity contribution in [1.29, 1.82) is 0 Å². The van der Waals surface area contributed by atoms with E-state index in [0.29, 0.717) is 19.0 Å². The van der Waals surface area contributed by atoms with Gasteiger partial charge in [-0.2, -0.15) is 0 Å². The number of nitrogens with zero attached hydrogens (tertiary/aromatic N) is 4. The van der Waals surface area contributed by atoms with Crippen molar-refractivity contribution >= 4 is 5.82 Å². The molecular formula is C21H27FN4O. The Morgan fingerprint density at radius 1 is 1.19 bits per heavy atom. The summed E-state index contributed by atoms with van der Waals surface area (Å²) >= 11 is 0. The Labute approximate surface area is 160 Å². The Kier molecular flexibility index (Phi) is 5.36. The van der Waals surface area contributed by atoms with Gasteiger partial charge in [-0.15, -0.1) is 0 Å². The SMILES string of the molecule is Cc1cccc(CN2CCC[C@@]3(COCCN(c4ncccc4F)C3)C2)n1. The molecule has 2 aromatic rings. The van der Waals surface area contributed by atoms with E-state index in [2.05, 4.69) is 31.9 Å². The van der Waals surface area contributed by atoms with Crippen LogP contribution in [0.4, 0.5) is 10.2 Å². The Morgan fingerprint density at radius 2 is 2.11 bits per heavy atom. The first-order valence-electron chi connectivity index (χ1n) is 9.72. The van der Waals surface area contributed by atoms with Crippen molar-refractivity contribution in [2.24, 2.45) is 5.41 Å². The van der Waals surface area contributed by atoms with Crippen molar-refractivity contribution in [3.63, 3.8) is 0 Å². The third-order valence-electron chi connectivity index (χ3n) is 5.55. The van der Waals surface area contributed by atoms with Crippen LogP contribution >= 0.6 is 0 Å². The van der Waals surface area contributed by atoms with Gasteiger partial charge >= 0.3 is 0 Å². The molecule has 0 amide bonds. The summed E-state index contributed by atoms with van der Waals surface area (Å²) in [6.45, 7) is 7.66. The van der Waals surface area contributed by atoms with Gasteiger partial charge in [-0.05, 0) is 50.6 Å². The zero-order valence-electron chi connectivity index (χ0n) is 15.9. The average molecular weight is 370 g/mol. The van der Waals surface area contributed by atoms with E-state index < -0.39 is 0 Å². The lowest BCUT2D eigenvalue weighted by molar-refractivity contribution is 0.0103. The summed E-state index contributed by atoms with van der Waals surface area (Å²) in [5.41, 5.74) is 2.16. The normalized spacial score (nSPS) is 24.1. The summed E-state index contributed by atoms with van der Waals surface area (Å²) < 4.78 is 20.3. The highest BCUT2D eigenvalue weighted by atomic mass is 19.1. The first-order valence-corrected chi connectivity index (χ1v) is 9.72. The maximum Gasteiger partial charge on any atom is 0.165 e. The first kappa shape index (κ1) is 18.3. The van der Waals surface area contributed by atoms with Crippen molar-refractivity contribution in [2.45, 2.75) is 26.3 Å². The number of halogens is 1. The van der Waals surface area contributed by atoms with Crippen LogP contribution in [0.5, 0.6) is 0 Å². The third-order valence-corrected chi connectivity index (χ3v) is 5.55. The van der Waals surface area contributed by atoms with E-state index in [4.69, 9.17) is 4.74 Å². The van der Waals surface area contributed by atoms with Crippen LogP contribution in [0.25, 0.3) is 0 Å². The summed E-state index contributed by atoms with van der Waals surface area (Å²) in [7, 11) is 0. The van der Waals surface area contributed by atoms with E-state index in [9.17, 15) is 4.39 Å². The highest BCUT2D eigenvalue weighted by molar-refractivity contribution is 5.40. The zero-order valence-corrected chi connectivity index (χ0v) is 15.9. The average Bonchev–Trinajstić information content (AvgIpc) is 2.85. The van der Waals surface area contributed by atoms with Crippen LogP contribution in [0.2, 0.25) is 0 Å². The first-order chi connectivity index (χ1) is 13.1. The van der Waals surface area contributed by atoms with Crippen molar-refractivity contribution < 1.29 is 9.13 Å². The van der Waals surface area contributed by atoms with E-state index in [1.807, 2.05) is 13.0 Å². The molecule has 2 aliphatic heterocycles. The van der Waals surface area contributed by atoms with Gasteiger partial charge in [0, 0.05) is 43.5 Å². The molecule has 2 aromatic heterocycles. The minimum absolute atomic E-state index is 0.00252. The van der Waals surface area contributed by atoms with E-state index in [0.717, 1.165) is 57.0 Å². The number of likely N-dealkylation sites (tertiary alicyclic amines) is 1. The van der Waals surface area contributed by atoms with Gasteiger partial charge in [0.15, 0.2) is 11.6 Å². The van der Waals surface area contributed by atoms with Crippen LogP contribution in [0, 0.1) is 18.2 Å². The second-order valence-electron chi connectivity index (χ2n) is 7.87. The molecule has 4 rings (SSSR count). The van der Waals surface area contributed by atoms with Gasteiger partial charge in [0.2, 0.25) is 0 Å². The standard InChI is InChI=1S/C21H27FN4O/c1-17-5-2-6-18(24-17)13-25-10-4-8-21(14-25)15-26(11-12-27-16-21)20-19(22)7-3-9-23-20/h2-3,5-7,9H,4,8,10-16H2,1H3/t21-/m1/s1. The van der Waals surface area contributed by atoms with E-state index in [1.54, 1.807) is 12.3 Å². The Morgan fingerprint density at radius 3 is 2.96 bits per heavy atom. The molecule has 0 unspecified atom stereocenters. The van der Waals surface area contributed by atoms with Crippen LogP contribution in [0.15, 0.2) is 36.5 Å². The van der Waals surface area contributed by atoms with Crippen molar-refractivity contribution in [1.82, 2.24) is 14.9 Å². The molecule has 0 radical (unpaired) electrons. The van der Waals surface area contributed by atoms with Gasteiger partial charge in [0.25, 0.3) is 0 Å². The fraction of sp³-hybridized carbons (Fsp3) is 0.524. The maximum absolute atomic E-state index is 14.3. The third kappa shape index (κ3) is 4.28. The minimum atomic E-state index is -0.258. The van der Waals surface area contributed by atoms with Crippen LogP contribution in [0.1, 0.15) is 24.2 Å². The van der Waals surface area contributed by atoms with Gasteiger partial charge in [-0.1, -0.05) is 6.07 Å². The quantitative estimate of drug-likeness (QED) is 0.831. The molecule has 6 heteroatoms. The van der Waals surface area contributed by atoms with Crippen molar-refractivity contribution in [2.75, 3.05) is 44.3 Å². The largest absolute Gasteiger partial charge is 0.379 e. The molecule has 0 aromatic carbocycles. The molecule has 1 spiro atoms. The predicted molar refractivity (Wildman–Crippen MR) is 103 cm³/mol. The summed E-state index contributed by atoms with van der Waals surface area (Å²) in [4.78, 5) is 13.5. The number of piperidine rings is 1. The van der Waals surface area contributed by atoms with E-state index in [-0.39, 0.29) is 11.2 Å². The fourth-order valence-corrected chi connectivity index (χ4v) is 4.39. The van der Waals surface area contributed by atoms with E-state index >= 15 is 0 Å². The number of hydrogen-bond donors (Lipinski definition) is 0. The zero-order chi connectivity index (χ0) is 18.7. The molecule has 2 saturated heterocycles. The van der Waals surface area contributed by atoms with Gasteiger partial charge in [0.1, 0.15) is 0 Å². The molecule has 5 nitrogen and oxygen atoms in total.